The zero-order chi connectivity index (χ0) is 27.3. The van der Waals surface area contributed by atoms with Gasteiger partial charge in [-0.3, -0.25) is 13.9 Å². The highest BCUT2D eigenvalue weighted by Crippen LogP contribution is 2.35. The Morgan fingerprint density at radius 2 is 1.70 bits per heavy atom. The Hall–Kier alpha value is -2.69. The van der Waals surface area contributed by atoms with Gasteiger partial charge in [0.25, 0.3) is 0 Å². The Kier molecular flexibility index (Phi) is 9.55. The summed E-state index contributed by atoms with van der Waals surface area (Å²) in [5.41, 5.74) is 0.816. The predicted octanol–water partition coefficient (Wildman–Crippen LogP) is 3.86. The summed E-state index contributed by atoms with van der Waals surface area (Å²) in [5.74, 6) is -0.307. The van der Waals surface area contributed by atoms with Crippen LogP contribution < -0.4 is 19.1 Å². The molecule has 0 spiro atoms. The molecule has 0 radical (unpaired) electrons. The van der Waals surface area contributed by atoms with E-state index in [4.69, 9.17) is 32.7 Å². The van der Waals surface area contributed by atoms with Crippen molar-refractivity contribution in [3.05, 3.63) is 52.0 Å². The van der Waals surface area contributed by atoms with Crippen LogP contribution in [0, 0.1) is 0 Å². The zero-order valence-electron chi connectivity index (χ0n) is 21.2. The molecule has 2 aromatic carbocycles. The Labute approximate surface area is 227 Å². The maximum Gasteiger partial charge on any atom is 0.244 e. The van der Waals surface area contributed by atoms with E-state index in [1.807, 2.05) is 13.8 Å². The Balaban J connectivity index is 1.97. The molecule has 0 bridgehead atoms. The number of halogens is 2. The first-order valence-corrected chi connectivity index (χ1v) is 14.2. The lowest BCUT2D eigenvalue weighted by atomic mass is 10.1. The molecule has 2 amide bonds. The largest absolute Gasteiger partial charge is 0.486 e. The second-order valence-electron chi connectivity index (χ2n) is 8.83. The highest BCUT2D eigenvalue weighted by atomic mass is 35.5. The number of hydrogen-bond acceptors (Lipinski definition) is 6. The normalized spacial score (nSPS) is 13.7. The highest BCUT2D eigenvalue weighted by Gasteiger charge is 2.32. The van der Waals surface area contributed by atoms with Crippen LogP contribution in [-0.2, 0) is 26.2 Å². The van der Waals surface area contributed by atoms with E-state index in [9.17, 15) is 18.0 Å². The van der Waals surface area contributed by atoms with Crippen LogP contribution in [0.25, 0.3) is 0 Å². The van der Waals surface area contributed by atoms with Crippen molar-refractivity contribution in [2.24, 2.45) is 0 Å². The number of benzene rings is 2. The van der Waals surface area contributed by atoms with Gasteiger partial charge >= 0.3 is 0 Å². The van der Waals surface area contributed by atoms with E-state index in [0.29, 0.717) is 40.3 Å². The summed E-state index contributed by atoms with van der Waals surface area (Å²) in [6.07, 6.45) is 0. The van der Waals surface area contributed by atoms with Gasteiger partial charge in [-0.05, 0) is 57.5 Å². The minimum absolute atomic E-state index is 0.0251. The monoisotopic (exact) mass is 571 g/mol. The molecule has 0 saturated carbocycles. The molecule has 0 aromatic heterocycles. The summed E-state index contributed by atoms with van der Waals surface area (Å²) in [4.78, 5) is 27.9. The van der Waals surface area contributed by atoms with Crippen LogP contribution in [0.2, 0.25) is 10.0 Å². The third-order valence-corrected chi connectivity index (χ3v) is 8.08. The second kappa shape index (κ2) is 12.2. The van der Waals surface area contributed by atoms with E-state index < -0.39 is 28.5 Å². The molecule has 12 heteroatoms. The molecule has 1 unspecified atom stereocenters. The molecule has 1 aliphatic rings. The van der Waals surface area contributed by atoms with E-state index >= 15 is 0 Å². The number of fused-ring (bicyclic) bond motifs is 1. The summed E-state index contributed by atoms with van der Waals surface area (Å²) in [6, 6.07) is 8.48. The third-order valence-electron chi connectivity index (χ3n) is 5.75. The molecule has 9 nitrogen and oxygen atoms in total. The molecule has 0 fully saturated rings. The maximum atomic E-state index is 13.7. The number of ether oxygens (including phenoxy) is 2. The lowest BCUT2D eigenvalue weighted by molar-refractivity contribution is -0.139. The fraction of sp³-hybridized carbons (Fsp3) is 0.440. The van der Waals surface area contributed by atoms with E-state index in [2.05, 4.69) is 5.32 Å². The number of nitrogens with one attached hydrogen (secondary N) is 1. The number of anilines is 1. The summed E-state index contributed by atoms with van der Waals surface area (Å²) in [7, 11) is -3.87. The molecule has 202 valence electrons. The average molecular weight is 573 g/mol. The first-order valence-electron chi connectivity index (χ1n) is 11.9. The van der Waals surface area contributed by atoms with Gasteiger partial charge in [-0.15, -0.1) is 0 Å². The molecule has 3 rings (SSSR count). The molecule has 2 aromatic rings. The minimum atomic E-state index is -3.87. The standard InChI is InChI=1S/C25H31Cl2N3O6S/c1-5-37(33,34)30(20-8-9-22-23(13-20)36-11-10-35-22)15-24(31)29(17(4)25(32)28-16(2)3)14-18-6-7-19(26)12-21(18)27/h6-9,12-13,16-17H,5,10-11,14-15H2,1-4H3,(H,28,32). The Morgan fingerprint density at radius 1 is 1.03 bits per heavy atom. The van der Waals surface area contributed by atoms with Crippen molar-refractivity contribution in [2.45, 2.75) is 46.3 Å². The van der Waals surface area contributed by atoms with Crippen molar-refractivity contribution in [3.8, 4) is 11.5 Å². The molecule has 0 aliphatic carbocycles. The van der Waals surface area contributed by atoms with Crippen molar-refractivity contribution in [3.63, 3.8) is 0 Å². The van der Waals surface area contributed by atoms with Crippen LogP contribution in [0.5, 0.6) is 11.5 Å². The van der Waals surface area contributed by atoms with Crippen molar-refractivity contribution < 1.29 is 27.5 Å². The van der Waals surface area contributed by atoms with Gasteiger partial charge in [0.05, 0.1) is 11.4 Å². The van der Waals surface area contributed by atoms with Gasteiger partial charge in [-0.25, -0.2) is 8.42 Å². The summed E-state index contributed by atoms with van der Waals surface area (Å²) in [6.45, 7) is 6.86. The minimum Gasteiger partial charge on any atom is -0.486 e. The first kappa shape index (κ1) is 28.9. The first-order chi connectivity index (χ1) is 17.4. The fourth-order valence-corrected chi connectivity index (χ4v) is 5.25. The van der Waals surface area contributed by atoms with Crippen LogP contribution >= 0.6 is 23.2 Å². The van der Waals surface area contributed by atoms with Gasteiger partial charge in [0.2, 0.25) is 21.8 Å². The van der Waals surface area contributed by atoms with Crippen LogP contribution in [-0.4, -0.2) is 62.7 Å². The molecule has 1 heterocycles. The number of carbonyl (C=O) groups excluding carboxylic acids is 2. The lowest BCUT2D eigenvalue weighted by Crippen LogP contribution is -2.52. The number of amides is 2. The topological polar surface area (TPSA) is 105 Å². The number of nitrogens with zero attached hydrogens (tertiary/aromatic N) is 2. The van der Waals surface area contributed by atoms with Gasteiger partial charge in [0.1, 0.15) is 25.8 Å². The van der Waals surface area contributed by atoms with Gasteiger partial charge in [-0.1, -0.05) is 29.3 Å². The number of hydrogen-bond donors (Lipinski definition) is 1. The summed E-state index contributed by atoms with van der Waals surface area (Å²) >= 11 is 12.4. The molecule has 37 heavy (non-hydrogen) atoms. The number of carbonyl (C=O) groups is 2. The SMILES string of the molecule is CCS(=O)(=O)N(CC(=O)N(Cc1ccc(Cl)cc1Cl)C(C)C(=O)NC(C)C)c1ccc2c(c1)OCCO2. The Bertz CT molecular complexity index is 1250. The molecule has 1 aliphatic heterocycles. The van der Waals surface area contributed by atoms with Gasteiger partial charge < -0.3 is 19.7 Å². The lowest BCUT2D eigenvalue weighted by Gasteiger charge is -2.32. The van der Waals surface area contributed by atoms with Crippen LogP contribution in [0.4, 0.5) is 5.69 Å². The van der Waals surface area contributed by atoms with Gasteiger partial charge in [-0.2, -0.15) is 0 Å². The van der Waals surface area contributed by atoms with E-state index in [0.717, 1.165) is 4.31 Å². The average Bonchev–Trinajstić information content (AvgIpc) is 2.85. The summed E-state index contributed by atoms with van der Waals surface area (Å²) < 4.78 is 38.3. The van der Waals surface area contributed by atoms with Crippen molar-refractivity contribution in [1.82, 2.24) is 10.2 Å². The van der Waals surface area contributed by atoms with Crippen LogP contribution in [0.1, 0.15) is 33.3 Å². The second-order valence-corrected chi connectivity index (χ2v) is 11.9. The van der Waals surface area contributed by atoms with Crippen molar-refractivity contribution in [1.29, 1.82) is 0 Å². The van der Waals surface area contributed by atoms with Crippen molar-refractivity contribution in [2.75, 3.05) is 29.8 Å². The van der Waals surface area contributed by atoms with Gasteiger partial charge in [0, 0.05) is 28.7 Å². The Morgan fingerprint density at radius 3 is 2.32 bits per heavy atom. The molecule has 0 saturated heterocycles. The molecule has 1 N–H and O–H groups in total. The zero-order valence-corrected chi connectivity index (χ0v) is 23.5. The fourth-order valence-electron chi connectivity index (χ4n) is 3.73. The van der Waals surface area contributed by atoms with Crippen molar-refractivity contribution >= 4 is 50.7 Å². The quantitative estimate of drug-likeness (QED) is 0.464. The van der Waals surface area contributed by atoms with Crippen LogP contribution in [0.3, 0.4) is 0 Å². The maximum absolute atomic E-state index is 13.7. The van der Waals surface area contributed by atoms with E-state index in [1.54, 1.807) is 37.3 Å². The molecule has 1 atom stereocenters. The highest BCUT2D eigenvalue weighted by molar-refractivity contribution is 7.92. The van der Waals surface area contributed by atoms with Gasteiger partial charge in [0.15, 0.2) is 11.5 Å². The predicted molar refractivity (Wildman–Crippen MR) is 144 cm³/mol. The number of rotatable bonds is 10. The molecular formula is C25H31Cl2N3O6S. The molecular weight excluding hydrogens is 541 g/mol. The third kappa shape index (κ3) is 7.21. The summed E-state index contributed by atoms with van der Waals surface area (Å²) in [5, 5.41) is 3.55. The van der Waals surface area contributed by atoms with E-state index in [1.165, 1.54) is 17.9 Å². The van der Waals surface area contributed by atoms with Crippen LogP contribution in [0.15, 0.2) is 36.4 Å². The van der Waals surface area contributed by atoms with E-state index in [-0.39, 0.29) is 29.9 Å². The smallest absolute Gasteiger partial charge is 0.244 e. The number of sulfonamides is 1.